The maximum absolute atomic E-state index is 11.8. The van der Waals surface area contributed by atoms with Crippen molar-refractivity contribution in [3.05, 3.63) is 35.9 Å². The number of cyclic esters (lactones) is 1. The van der Waals surface area contributed by atoms with Crippen molar-refractivity contribution in [3.8, 4) is 0 Å². The van der Waals surface area contributed by atoms with E-state index in [2.05, 4.69) is 5.43 Å². The lowest BCUT2D eigenvalue weighted by molar-refractivity contribution is -0.0520. The monoisotopic (exact) mass is 240 g/mol. The Hall–Kier alpha value is -1.55. The molecule has 0 bridgehead atoms. The summed E-state index contributed by atoms with van der Waals surface area (Å²) >= 11 is 0. The van der Waals surface area contributed by atoms with Gasteiger partial charge in [0.05, 0.1) is 6.04 Å². The van der Waals surface area contributed by atoms with Gasteiger partial charge in [-0.2, -0.15) is 0 Å². The summed E-state index contributed by atoms with van der Waals surface area (Å²) in [6.45, 7) is -3.99. The summed E-state index contributed by atoms with van der Waals surface area (Å²) in [5.74, 6) is 0. The van der Waals surface area contributed by atoms with E-state index in [0.717, 1.165) is 5.01 Å². The van der Waals surface area contributed by atoms with Gasteiger partial charge >= 0.3 is 6.09 Å². The molecule has 1 aliphatic heterocycles. The third kappa shape index (κ3) is 2.42. The summed E-state index contributed by atoms with van der Waals surface area (Å²) in [6, 6.07) is 6.27. The Bertz CT molecular complexity index is 546. The van der Waals surface area contributed by atoms with Crippen LogP contribution in [0.5, 0.6) is 0 Å². The summed E-state index contributed by atoms with van der Waals surface area (Å²) in [5.41, 5.74) is 2.89. The fraction of sp³-hybridized carbons (Fsp3) is 0.462. The fourth-order valence-corrected chi connectivity index (χ4v) is 1.88. The van der Waals surface area contributed by atoms with Gasteiger partial charge < -0.3 is 4.74 Å². The SMILES string of the molecule is [2H]C([2H])([2H])C(N1NC(=O)O[C@H](c2ccccc2)[C@@H]1C)C([2H])([2H])[2H]. The van der Waals surface area contributed by atoms with Gasteiger partial charge in [-0.25, -0.2) is 9.80 Å². The molecule has 0 saturated carbocycles. The Morgan fingerprint density at radius 2 is 2.12 bits per heavy atom. The van der Waals surface area contributed by atoms with E-state index in [0.29, 0.717) is 5.56 Å². The van der Waals surface area contributed by atoms with Crippen molar-refractivity contribution in [1.82, 2.24) is 10.4 Å². The van der Waals surface area contributed by atoms with E-state index in [1.807, 2.05) is 0 Å². The lowest BCUT2D eigenvalue weighted by atomic mass is 10.0. The first-order valence-corrected chi connectivity index (χ1v) is 5.32. The molecule has 1 aromatic rings. The second-order valence-electron chi connectivity index (χ2n) is 3.90. The van der Waals surface area contributed by atoms with Gasteiger partial charge in [0, 0.05) is 14.3 Å². The van der Waals surface area contributed by atoms with Crippen LogP contribution >= 0.6 is 0 Å². The largest absolute Gasteiger partial charge is 0.439 e. The van der Waals surface area contributed by atoms with E-state index in [4.69, 9.17) is 13.0 Å². The quantitative estimate of drug-likeness (QED) is 0.863. The summed E-state index contributed by atoms with van der Waals surface area (Å²) < 4.78 is 50.5. The van der Waals surface area contributed by atoms with Crippen LogP contribution in [0.15, 0.2) is 30.3 Å². The van der Waals surface area contributed by atoms with Crippen molar-refractivity contribution >= 4 is 6.09 Å². The molecule has 1 N–H and O–H groups in total. The first-order valence-electron chi connectivity index (χ1n) is 8.32. The molecule has 0 unspecified atom stereocenters. The summed E-state index contributed by atoms with van der Waals surface area (Å²) in [5, 5.41) is 0.976. The van der Waals surface area contributed by atoms with Crippen molar-refractivity contribution in [1.29, 1.82) is 0 Å². The minimum absolute atomic E-state index is 0.662. The van der Waals surface area contributed by atoms with E-state index < -0.39 is 38.0 Å². The number of hydrogen-bond acceptors (Lipinski definition) is 3. The van der Waals surface area contributed by atoms with Crippen molar-refractivity contribution in [3.63, 3.8) is 0 Å². The Morgan fingerprint density at radius 1 is 1.41 bits per heavy atom. The fourth-order valence-electron chi connectivity index (χ4n) is 1.88. The highest BCUT2D eigenvalue weighted by atomic mass is 16.6. The molecule has 0 spiro atoms. The van der Waals surface area contributed by atoms with Crippen molar-refractivity contribution < 1.29 is 17.8 Å². The van der Waals surface area contributed by atoms with Crippen LogP contribution in [0.25, 0.3) is 0 Å². The molecule has 4 heteroatoms. The molecule has 0 aliphatic carbocycles. The van der Waals surface area contributed by atoms with Gasteiger partial charge in [0.2, 0.25) is 0 Å². The Kier molecular flexibility index (Phi) is 1.79. The molecule has 92 valence electrons. The lowest BCUT2D eigenvalue weighted by Gasteiger charge is -2.41. The average Bonchev–Trinajstić information content (AvgIpc) is 2.40. The molecule has 4 nitrogen and oxygen atoms in total. The molecule has 1 heterocycles. The number of hydrazine groups is 1. The molecule has 1 amide bonds. The highest BCUT2D eigenvalue weighted by Gasteiger charge is 2.35. The highest BCUT2D eigenvalue weighted by molar-refractivity contribution is 5.68. The number of nitrogens with zero attached hydrogens (tertiary/aromatic N) is 1. The second-order valence-corrected chi connectivity index (χ2v) is 3.90. The zero-order valence-electron chi connectivity index (χ0n) is 15.4. The number of nitrogens with one attached hydrogen (secondary N) is 1. The van der Waals surface area contributed by atoms with E-state index in [-0.39, 0.29) is 0 Å². The molecule has 1 aliphatic rings. The zero-order chi connectivity index (χ0) is 17.4. The highest BCUT2D eigenvalue weighted by Crippen LogP contribution is 2.28. The van der Waals surface area contributed by atoms with Gasteiger partial charge in [-0.05, 0) is 26.2 Å². The van der Waals surface area contributed by atoms with Gasteiger partial charge in [0.1, 0.15) is 6.10 Å². The van der Waals surface area contributed by atoms with Crippen molar-refractivity contribution in [2.75, 3.05) is 0 Å². The van der Waals surface area contributed by atoms with Crippen molar-refractivity contribution in [2.24, 2.45) is 0 Å². The smallest absolute Gasteiger partial charge is 0.422 e. The first kappa shape index (κ1) is 6.40. The topological polar surface area (TPSA) is 41.6 Å². The molecule has 1 fully saturated rings. The third-order valence-corrected chi connectivity index (χ3v) is 2.74. The van der Waals surface area contributed by atoms with Crippen LogP contribution in [0, 0.1) is 0 Å². The van der Waals surface area contributed by atoms with Crippen molar-refractivity contribution in [2.45, 2.75) is 38.8 Å². The Labute approximate surface area is 110 Å². The Morgan fingerprint density at radius 3 is 2.76 bits per heavy atom. The lowest BCUT2D eigenvalue weighted by Crippen LogP contribution is -2.58. The molecule has 2 rings (SSSR count). The van der Waals surface area contributed by atoms with Crippen LogP contribution in [0.3, 0.4) is 0 Å². The van der Waals surface area contributed by atoms with E-state index in [1.165, 1.54) is 0 Å². The zero-order valence-corrected chi connectivity index (χ0v) is 9.38. The number of carbonyl (C=O) groups is 1. The van der Waals surface area contributed by atoms with E-state index >= 15 is 0 Å². The van der Waals surface area contributed by atoms with Gasteiger partial charge in [-0.1, -0.05) is 30.3 Å². The first-order chi connectivity index (χ1) is 10.5. The Balaban J connectivity index is 2.39. The standard InChI is InChI=1S/C13H18N2O2/c1-9(2)15-10(3)12(17-13(16)14-15)11-7-5-4-6-8-11/h4-10,12H,1-3H3,(H,14,16)/t10-,12-/m0/s1/i1D3,2D3. The molecule has 1 saturated heterocycles. The summed E-state index contributed by atoms with van der Waals surface area (Å²) in [4.78, 5) is 11.8. The second kappa shape index (κ2) is 4.75. The minimum Gasteiger partial charge on any atom is -0.439 e. The van der Waals surface area contributed by atoms with Crippen LogP contribution in [0.2, 0.25) is 0 Å². The number of ether oxygens (including phenoxy) is 1. The molecule has 2 atom stereocenters. The van der Waals surface area contributed by atoms with Crippen LogP contribution in [0.1, 0.15) is 40.5 Å². The summed E-state index contributed by atoms with van der Waals surface area (Å²) in [6.07, 6.45) is -1.65. The predicted octanol–water partition coefficient (Wildman–Crippen LogP) is 2.48. The molecule has 0 aromatic heterocycles. The number of hydrogen-bond donors (Lipinski definition) is 1. The van der Waals surface area contributed by atoms with E-state index in [1.54, 1.807) is 37.3 Å². The maximum Gasteiger partial charge on any atom is 0.422 e. The van der Waals surface area contributed by atoms with Gasteiger partial charge in [0.15, 0.2) is 0 Å². The number of rotatable bonds is 2. The third-order valence-electron chi connectivity index (χ3n) is 2.74. The van der Waals surface area contributed by atoms with E-state index in [9.17, 15) is 4.79 Å². The van der Waals surface area contributed by atoms with Crippen LogP contribution in [0.4, 0.5) is 4.79 Å². The van der Waals surface area contributed by atoms with Gasteiger partial charge in [0.25, 0.3) is 0 Å². The predicted molar refractivity (Wildman–Crippen MR) is 65.2 cm³/mol. The van der Waals surface area contributed by atoms with Gasteiger partial charge in [-0.3, -0.25) is 5.43 Å². The summed E-state index contributed by atoms with van der Waals surface area (Å²) in [7, 11) is 0. The van der Waals surface area contributed by atoms with Crippen LogP contribution in [-0.4, -0.2) is 23.2 Å². The minimum atomic E-state index is -2.80. The average molecular weight is 240 g/mol. The number of benzene rings is 1. The molecule has 0 radical (unpaired) electrons. The normalized spacial score (nSPS) is 32.2. The maximum atomic E-state index is 11.8. The number of amides is 1. The molecular formula is C13H18N2O2. The van der Waals surface area contributed by atoms with Crippen LogP contribution in [-0.2, 0) is 4.74 Å². The molecule has 17 heavy (non-hydrogen) atoms. The van der Waals surface area contributed by atoms with Crippen LogP contribution < -0.4 is 5.43 Å². The molecular weight excluding hydrogens is 216 g/mol. The van der Waals surface area contributed by atoms with Gasteiger partial charge in [-0.15, -0.1) is 0 Å². The number of carbonyl (C=O) groups excluding carboxylic acids is 1. The molecule has 1 aromatic carbocycles.